The van der Waals surface area contributed by atoms with Crippen molar-refractivity contribution in [2.24, 2.45) is 10.2 Å². The van der Waals surface area contributed by atoms with Crippen LogP contribution in [0.15, 0.2) is 70.9 Å². The van der Waals surface area contributed by atoms with Gasteiger partial charge in [-0.3, -0.25) is 19.7 Å². The maximum atomic E-state index is 12.5. The molecule has 1 aliphatic carbocycles. The first-order chi connectivity index (χ1) is 15.9. The third-order valence-corrected chi connectivity index (χ3v) is 4.91. The fourth-order valence-corrected chi connectivity index (χ4v) is 3.41. The minimum absolute atomic E-state index is 0.0318. The number of carbonyl (C=O) groups excluding carboxylic acids is 2. The van der Waals surface area contributed by atoms with Crippen LogP contribution in [0.1, 0.15) is 28.4 Å². The molecule has 1 aliphatic rings. The molecule has 9 heteroatoms. The normalized spacial score (nSPS) is 14.2. The van der Waals surface area contributed by atoms with Crippen LogP contribution in [-0.4, -0.2) is 28.2 Å². The number of hydrogen-bond acceptors (Lipinski definition) is 8. The third-order valence-electron chi connectivity index (χ3n) is 4.91. The van der Waals surface area contributed by atoms with Crippen LogP contribution in [0.3, 0.4) is 0 Å². The maximum Gasteiger partial charge on any atom is 0.271 e. The molecule has 3 aromatic rings. The minimum Gasteiger partial charge on any atom is -0.503 e. The molecule has 0 radical (unpaired) electrons. The van der Waals surface area contributed by atoms with Crippen LogP contribution in [0.5, 0.6) is 11.5 Å². The van der Waals surface area contributed by atoms with Gasteiger partial charge in [0.1, 0.15) is 5.69 Å². The van der Waals surface area contributed by atoms with Gasteiger partial charge >= 0.3 is 0 Å². The lowest BCUT2D eigenvalue weighted by atomic mass is 10.0. The Kier molecular flexibility index (Phi) is 5.77. The average molecular weight is 443 g/mol. The van der Waals surface area contributed by atoms with Crippen molar-refractivity contribution in [3.63, 3.8) is 0 Å². The lowest BCUT2D eigenvalue weighted by Crippen LogP contribution is -2.05. The van der Waals surface area contributed by atoms with E-state index in [4.69, 9.17) is 4.74 Å². The average Bonchev–Trinajstić information content (AvgIpc) is 3.05. The van der Waals surface area contributed by atoms with Gasteiger partial charge < -0.3 is 9.84 Å². The summed E-state index contributed by atoms with van der Waals surface area (Å²) in [4.78, 5) is 35.2. The van der Waals surface area contributed by atoms with Crippen LogP contribution in [0.2, 0.25) is 0 Å². The molecular formula is C24H17N3O6. The molecule has 0 amide bonds. The SMILES string of the molecule is CCOc1cc(/C=C2\C(=O)C(=O)c3ccccc32)cc(N=Nc2cccc([N+](=O)[O-])c2)c1O. The lowest BCUT2D eigenvalue weighted by molar-refractivity contribution is -0.384. The number of nitro benzene ring substituents is 1. The Balaban J connectivity index is 1.78. The molecule has 0 aliphatic heterocycles. The van der Waals surface area contributed by atoms with E-state index in [9.17, 15) is 24.8 Å². The molecule has 0 spiro atoms. The van der Waals surface area contributed by atoms with Gasteiger partial charge in [-0.2, -0.15) is 5.11 Å². The Morgan fingerprint density at radius 3 is 2.48 bits per heavy atom. The molecule has 0 heterocycles. The van der Waals surface area contributed by atoms with Crippen LogP contribution in [0, 0.1) is 10.1 Å². The third kappa shape index (κ3) is 4.24. The predicted molar refractivity (Wildman–Crippen MR) is 120 cm³/mol. The first kappa shape index (κ1) is 21.6. The number of fused-ring (bicyclic) bond motifs is 1. The minimum atomic E-state index is -0.623. The second-order valence-corrected chi connectivity index (χ2v) is 7.06. The van der Waals surface area contributed by atoms with Gasteiger partial charge in [0.2, 0.25) is 11.6 Å². The number of nitro groups is 1. The number of Topliss-reactive ketones (excluding diaryl/α,β-unsaturated/α-hetero) is 2. The van der Waals surface area contributed by atoms with Gasteiger partial charge in [0, 0.05) is 23.3 Å². The number of ether oxygens (including phenoxy) is 1. The van der Waals surface area contributed by atoms with Crippen LogP contribution in [0.4, 0.5) is 17.1 Å². The number of non-ortho nitro benzene ring substituents is 1. The molecule has 0 atom stereocenters. The molecular weight excluding hydrogens is 426 g/mol. The van der Waals surface area contributed by atoms with Crippen molar-refractivity contribution >= 4 is 40.3 Å². The maximum absolute atomic E-state index is 12.5. The van der Waals surface area contributed by atoms with Crippen LogP contribution < -0.4 is 4.74 Å². The number of nitrogens with zero attached hydrogens (tertiary/aromatic N) is 3. The van der Waals surface area contributed by atoms with Crippen molar-refractivity contribution in [3.8, 4) is 11.5 Å². The van der Waals surface area contributed by atoms with Crippen molar-refractivity contribution in [2.45, 2.75) is 6.92 Å². The van der Waals surface area contributed by atoms with Crippen molar-refractivity contribution in [3.05, 3.63) is 87.5 Å². The zero-order valence-electron chi connectivity index (χ0n) is 17.4. The fraction of sp³-hybridized carbons (Fsp3) is 0.0833. The van der Waals surface area contributed by atoms with Gasteiger partial charge in [-0.1, -0.05) is 30.3 Å². The largest absolute Gasteiger partial charge is 0.503 e. The molecule has 0 aromatic heterocycles. The van der Waals surface area contributed by atoms with E-state index in [0.29, 0.717) is 16.7 Å². The molecule has 0 fully saturated rings. The van der Waals surface area contributed by atoms with Crippen molar-refractivity contribution in [2.75, 3.05) is 6.61 Å². The molecule has 0 bridgehead atoms. The fourth-order valence-electron chi connectivity index (χ4n) is 3.41. The number of carbonyl (C=O) groups is 2. The van der Waals surface area contributed by atoms with E-state index in [0.717, 1.165) is 0 Å². The van der Waals surface area contributed by atoms with Gasteiger partial charge in [-0.25, -0.2) is 0 Å². The standard InChI is InChI=1S/C24H17N3O6/c1-2-33-21-12-14(10-19-17-8-3-4-9-18(17)22(28)23(19)29)11-20(24(21)30)26-25-15-6-5-7-16(13-15)27(31)32/h3-13,30H,2H2,1H3/b19-10-,26-25?. The van der Waals surface area contributed by atoms with Gasteiger partial charge in [-0.15, -0.1) is 5.11 Å². The monoisotopic (exact) mass is 443 g/mol. The second kappa shape index (κ2) is 8.83. The molecule has 0 saturated heterocycles. The second-order valence-electron chi connectivity index (χ2n) is 7.06. The zero-order chi connectivity index (χ0) is 23.5. The molecule has 164 valence electrons. The molecule has 4 rings (SSSR count). The number of phenols is 1. The Bertz CT molecular complexity index is 1360. The number of hydrogen-bond donors (Lipinski definition) is 1. The van der Waals surface area contributed by atoms with Crippen molar-refractivity contribution in [1.82, 2.24) is 0 Å². The number of phenolic OH excluding ortho intramolecular Hbond substituents is 1. The summed E-state index contributed by atoms with van der Waals surface area (Å²) in [5.41, 5.74) is 1.65. The van der Waals surface area contributed by atoms with E-state index < -0.39 is 16.5 Å². The Labute approximate surface area is 187 Å². The summed E-state index contributed by atoms with van der Waals surface area (Å²) in [6.45, 7) is 2.00. The molecule has 0 saturated carbocycles. The molecule has 0 unspecified atom stereocenters. The van der Waals surface area contributed by atoms with E-state index in [-0.39, 0.29) is 40.7 Å². The van der Waals surface area contributed by atoms with Gasteiger partial charge in [0.15, 0.2) is 11.5 Å². The number of benzene rings is 3. The number of azo groups is 1. The van der Waals surface area contributed by atoms with Gasteiger partial charge in [-0.05, 0) is 42.3 Å². The summed E-state index contributed by atoms with van der Waals surface area (Å²) in [7, 11) is 0. The summed E-state index contributed by atoms with van der Waals surface area (Å²) in [6, 6.07) is 15.3. The lowest BCUT2D eigenvalue weighted by Gasteiger charge is -2.09. The van der Waals surface area contributed by atoms with Crippen molar-refractivity contribution < 1.29 is 24.4 Å². The van der Waals surface area contributed by atoms with E-state index in [1.807, 2.05) is 0 Å². The zero-order valence-corrected chi connectivity index (χ0v) is 17.4. The smallest absolute Gasteiger partial charge is 0.271 e. The van der Waals surface area contributed by atoms with Crippen molar-refractivity contribution in [1.29, 1.82) is 0 Å². The predicted octanol–water partition coefficient (Wildman–Crippen LogP) is 5.42. The number of allylic oxidation sites excluding steroid dienone is 1. The molecule has 9 nitrogen and oxygen atoms in total. The van der Waals surface area contributed by atoms with E-state index in [2.05, 4.69) is 10.2 Å². The Morgan fingerprint density at radius 1 is 1.00 bits per heavy atom. The highest BCUT2D eigenvalue weighted by molar-refractivity contribution is 6.64. The highest BCUT2D eigenvalue weighted by Crippen LogP contribution is 2.40. The molecule has 1 N–H and O–H groups in total. The van der Waals surface area contributed by atoms with E-state index in [1.165, 1.54) is 42.5 Å². The van der Waals surface area contributed by atoms with Crippen LogP contribution in [-0.2, 0) is 4.79 Å². The number of ketones is 2. The quantitative estimate of drug-likeness (QED) is 0.178. The number of rotatable bonds is 6. The van der Waals surface area contributed by atoms with Crippen LogP contribution >= 0.6 is 0 Å². The molecule has 33 heavy (non-hydrogen) atoms. The summed E-state index contributed by atoms with van der Waals surface area (Å²) in [6.07, 6.45) is 1.53. The van der Waals surface area contributed by atoms with Gasteiger partial charge in [0.05, 0.1) is 17.2 Å². The highest BCUT2D eigenvalue weighted by Gasteiger charge is 2.32. The van der Waals surface area contributed by atoms with Gasteiger partial charge in [0.25, 0.3) is 5.69 Å². The Hall–Kier alpha value is -4.66. The summed E-state index contributed by atoms with van der Waals surface area (Å²) in [5.74, 6) is -1.36. The first-order valence-corrected chi connectivity index (χ1v) is 9.95. The molecule has 3 aromatic carbocycles. The van der Waals surface area contributed by atoms with Crippen LogP contribution in [0.25, 0.3) is 11.6 Å². The first-order valence-electron chi connectivity index (χ1n) is 9.95. The summed E-state index contributed by atoms with van der Waals surface area (Å²) < 4.78 is 5.48. The Morgan fingerprint density at radius 2 is 1.76 bits per heavy atom. The summed E-state index contributed by atoms with van der Waals surface area (Å²) in [5, 5.41) is 29.5. The van der Waals surface area contributed by atoms with E-state index >= 15 is 0 Å². The van der Waals surface area contributed by atoms with E-state index in [1.54, 1.807) is 31.2 Å². The topological polar surface area (TPSA) is 131 Å². The summed E-state index contributed by atoms with van der Waals surface area (Å²) >= 11 is 0. The highest BCUT2D eigenvalue weighted by atomic mass is 16.6. The number of aromatic hydroxyl groups is 1.